The smallest absolute Gasteiger partial charge is 0.251 e. The van der Waals surface area contributed by atoms with Gasteiger partial charge < -0.3 is 20.4 Å². The highest BCUT2D eigenvalue weighted by Crippen LogP contribution is 2.11. The lowest BCUT2D eigenvalue weighted by Crippen LogP contribution is -2.46. The highest BCUT2D eigenvalue weighted by atomic mass is 16.3. The maximum absolute atomic E-state index is 12.1. The lowest BCUT2D eigenvalue weighted by Gasteiger charge is -2.21. The summed E-state index contributed by atoms with van der Waals surface area (Å²) in [5, 5.41) is 21.5. The lowest BCUT2D eigenvalue weighted by atomic mass is 10.2. The Balaban J connectivity index is 1.93. The molecule has 1 aliphatic heterocycles. The quantitative estimate of drug-likeness (QED) is 0.686. The van der Waals surface area contributed by atoms with Crippen molar-refractivity contribution in [1.29, 1.82) is 0 Å². The molecule has 1 fully saturated rings. The summed E-state index contributed by atoms with van der Waals surface area (Å²) in [5.41, 5.74) is 0.480. The Morgan fingerprint density at radius 1 is 1.20 bits per heavy atom. The number of nitrogens with zero attached hydrogens (tertiary/aromatic N) is 1. The lowest BCUT2D eigenvalue weighted by molar-refractivity contribution is -0.132. The molecule has 1 aliphatic rings. The van der Waals surface area contributed by atoms with Gasteiger partial charge in [0.25, 0.3) is 5.91 Å². The summed E-state index contributed by atoms with van der Waals surface area (Å²) in [5.74, 6) is -0.642. The molecule has 108 valence electrons. The number of aliphatic hydroxyl groups is 2. The molecule has 1 aromatic rings. The van der Waals surface area contributed by atoms with Crippen LogP contribution in [-0.2, 0) is 4.79 Å². The molecule has 3 N–H and O–H groups in total. The van der Waals surface area contributed by atoms with E-state index < -0.39 is 18.2 Å². The summed E-state index contributed by atoms with van der Waals surface area (Å²) in [4.78, 5) is 25.4. The van der Waals surface area contributed by atoms with E-state index in [4.69, 9.17) is 0 Å². The van der Waals surface area contributed by atoms with Crippen LogP contribution in [0.15, 0.2) is 30.3 Å². The van der Waals surface area contributed by atoms with Crippen LogP contribution in [0.1, 0.15) is 17.3 Å². The number of aliphatic hydroxyl groups excluding tert-OH is 2. The van der Waals surface area contributed by atoms with Crippen LogP contribution < -0.4 is 5.32 Å². The number of benzene rings is 1. The zero-order chi connectivity index (χ0) is 14.7. The van der Waals surface area contributed by atoms with E-state index in [9.17, 15) is 19.8 Å². The summed E-state index contributed by atoms with van der Waals surface area (Å²) in [6.07, 6.45) is -1.84. The number of hydrogen-bond donors (Lipinski definition) is 3. The van der Waals surface area contributed by atoms with Crippen molar-refractivity contribution in [3.63, 3.8) is 0 Å². The van der Waals surface area contributed by atoms with Gasteiger partial charge in [-0.15, -0.1) is 0 Å². The molecular formula is C14H18N2O4. The molecule has 20 heavy (non-hydrogen) atoms. The highest BCUT2D eigenvalue weighted by Gasteiger charge is 2.34. The Bertz CT molecular complexity index is 481. The predicted octanol–water partition coefficient (Wildman–Crippen LogP) is -0.631. The zero-order valence-electron chi connectivity index (χ0n) is 11.2. The molecule has 3 atom stereocenters. The molecule has 6 nitrogen and oxygen atoms in total. The fourth-order valence-corrected chi connectivity index (χ4v) is 2.15. The van der Waals surface area contributed by atoms with Crippen LogP contribution in [0, 0.1) is 0 Å². The van der Waals surface area contributed by atoms with E-state index in [1.807, 2.05) is 0 Å². The molecule has 0 aliphatic carbocycles. The second-order valence-corrected chi connectivity index (χ2v) is 4.94. The first-order chi connectivity index (χ1) is 9.49. The number of hydrogen-bond acceptors (Lipinski definition) is 4. The minimum atomic E-state index is -0.920. The second-order valence-electron chi connectivity index (χ2n) is 4.94. The molecule has 0 saturated carbocycles. The Morgan fingerprint density at radius 3 is 2.30 bits per heavy atom. The van der Waals surface area contributed by atoms with E-state index in [0.717, 1.165) is 0 Å². The molecule has 1 saturated heterocycles. The van der Waals surface area contributed by atoms with Crippen molar-refractivity contribution in [1.82, 2.24) is 10.2 Å². The molecule has 2 rings (SSSR count). The van der Waals surface area contributed by atoms with Crippen molar-refractivity contribution < 1.29 is 19.8 Å². The van der Waals surface area contributed by atoms with Crippen LogP contribution in [0.5, 0.6) is 0 Å². The molecule has 0 spiro atoms. The van der Waals surface area contributed by atoms with Crippen molar-refractivity contribution in [3.8, 4) is 0 Å². The standard InChI is InChI=1S/C14H18N2O4/c1-9(14(20)16-7-11(17)12(18)8-16)15-13(19)10-5-3-2-4-6-10/h2-6,9,11-12,17-18H,7-8H2,1H3,(H,15,19). The summed E-state index contributed by atoms with van der Waals surface area (Å²) >= 11 is 0. The highest BCUT2D eigenvalue weighted by molar-refractivity contribution is 5.97. The molecule has 0 bridgehead atoms. The van der Waals surface area contributed by atoms with Crippen molar-refractivity contribution in [3.05, 3.63) is 35.9 Å². The second kappa shape index (κ2) is 6.02. The van der Waals surface area contributed by atoms with Gasteiger partial charge >= 0.3 is 0 Å². The average Bonchev–Trinajstić information content (AvgIpc) is 2.78. The third-order valence-electron chi connectivity index (χ3n) is 3.32. The summed E-state index contributed by atoms with van der Waals surface area (Å²) in [6, 6.07) is 7.91. The van der Waals surface area contributed by atoms with Crippen LogP contribution in [0.4, 0.5) is 0 Å². The van der Waals surface area contributed by atoms with Crippen molar-refractivity contribution in [2.45, 2.75) is 25.2 Å². The molecule has 1 aromatic carbocycles. The third-order valence-corrected chi connectivity index (χ3v) is 3.32. The summed E-state index contributed by atoms with van der Waals surface area (Å²) < 4.78 is 0. The average molecular weight is 278 g/mol. The van der Waals surface area contributed by atoms with Crippen molar-refractivity contribution in [2.75, 3.05) is 13.1 Å². The van der Waals surface area contributed by atoms with Gasteiger partial charge in [-0.1, -0.05) is 18.2 Å². The first kappa shape index (κ1) is 14.5. The number of carbonyl (C=O) groups excluding carboxylic acids is 2. The third kappa shape index (κ3) is 3.15. The molecule has 1 heterocycles. The molecule has 0 radical (unpaired) electrons. The number of amides is 2. The van der Waals surface area contributed by atoms with E-state index in [0.29, 0.717) is 5.56 Å². The fourth-order valence-electron chi connectivity index (χ4n) is 2.15. The number of nitrogens with one attached hydrogen (secondary N) is 1. The Hall–Kier alpha value is -1.92. The number of rotatable bonds is 3. The van der Waals surface area contributed by atoms with Gasteiger partial charge in [-0.25, -0.2) is 0 Å². The number of β-amino-alcohol motifs (C(OH)–C–C–N with tert-alkyl or cyclic N) is 2. The normalized spacial score (nSPS) is 23.4. The van der Waals surface area contributed by atoms with Gasteiger partial charge in [0.05, 0.1) is 12.2 Å². The minimum absolute atomic E-state index is 0.0888. The van der Waals surface area contributed by atoms with E-state index in [-0.39, 0.29) is 24.9 Å². The Labute approximate surface area is 117 Å². The first-order valence-corrected chi connectivity index (χ1v) is 6.50. The maximum atomic E-state index is 12.1. The van der Waals surface area contributed by atoms with Crippen molar-refractivity contribution in [2.24, 2.45) is 0 Å². The predicted molar refractivity (Wildman–Crippen MR) is 72.0 cm³/mol. The molecule has 3 unspecified atom stereocenters. The van der Waals surface area contributed by atoms with Crippen LogP contribution in [-0.4, -0.2) is 58.3 Å². The monoisotopic (exact) mass is 278 g/mol. The van der Waals surface area contributed by atoms with Gasteiger partial charge in [0.15, 0.2) is 0 Å². The molecule has 2 amide bonds. The largest absolute Gasteiger partial charge is 0.388 e. The summed E-state index contributed by atoms with van der Waals surface area (Å²) in [7, 11) is 0. The minimum Gasteiger partial charge on any atom is -0.388 e. The Morgan fingerprint density at radius 2 is 1.75 bits per heavy atom. The first-order valence-electron chi connectivity index (χ1n) is 6.50. The van der Waals surface area contributed by atoms with Crippen LogP contribution in [0.2, 0.25) is 0 Å². The molecule has 6 heteroatoms. The van der Waals surface area contributed by atoms with E-state index in [1.54, 1.807) is 37.3 Å². The number of likely N-dealkylation sites (tertiary alicyclic amines) is 1. The van der Waals surface area contributed by atoms with Crippen LogP contribution in [0.3, 0.4) is 0 Å². The van der Waals surface area contributed by atoms with Crippen molar-refractivity contribution >= 4 is 11.8 Å². The van der Waals surface area contributed by atoms with Gasteiger partial charge in [0, 0.05) is 18.7 Å². The van der Waals surface area contributed by atoms with Gasteiger partial charge in [-0.2, -0.15) is 0 Å². The topological polar surface area (TPSA) is 89.9 Å². The van der Waals surface area contributed by atoms with E-state index >= 15 is 0 Å². The summed E-state index contributed by atoms with van der Waals surface area (Å²) in [6.45, 7) is 1.76. The van der Waals surface area contributed by atoms with E-state index in [1.165, 1.54) is 4.90 Å². The SMILES string of the molecule is CC(NC(=O)c1ccccc1)C(=O)N1CC(O)C(O)C1. The fraction of sp³-hybridized carbons (Fsp3) is 0.429. The maximum Gasteiger partial charge on any atom is 0.251 e. The Kier molecular flexibility index (Phi) is 4.36. The molecular weight excluding hydrogens is 260 g/mol. The van der Waals surface area contributed by atoms with Gasteiger partial charge in [-0.05, 0) is 19.1 Å². The van der Waals surface area contributed by atoms with Gasteiger partial charge in [0.2, 0.25) is 5.91 Å². The zero-order valence-corrected chi connectivity index (χ0v) is 11.2. The van der Waals surface area contributed by atoms with Gasteiger partial charge in [0.1, 0.15) is 6.04 Å². The number of carbonyl (C=O) groups is 2. The molecule has 0 aromatic heterocycles. The van der Waals surface area contributed by atoms with Crippen LogP contribution in [0.25, 0.3) is 0 Å². The van der Waals surface area contributed by atoms with Crippen LogP contribution >= 0.6 is 0 Å². The van der Waals surface area contributed by atoms with E-state index in [2.05, 4.69) is 5.32 Å². The van der Waals surface area contributed by atoms with Gasteiger partial charge in [-0.3, -0.25) is 9.59 Å².